The molecule has 1 amide bonds. The third-order valence-electron chi connectivity index (χ3n) is 5.26. The molecule has 3 rings (SSSR count). The van der Waals surface area contributed by atoms with Crippen LogP contribution in [0.1, 0.15) is 40.9 Å². The summed E-state index contributed by atoms with van der Waals surface area (Å²) in [6.07, 6.45) is -0.523. The van der Waals surface area contributed by atoms with E-state index >= 15 is 4.39 Å². The molecule has 0 atom stereocenters. The van der Waals surface area contributed by atoms with Crippen LogP contribution in [0, 0.1) is 30.2 Å². The van der Waals surface area contributed by atoms with Gasteiger partial charge in [-0.05, 0) is 61.7 Å². The molecule has 0 spiro atoms. The first kappa shape index (κ1) is 26.0. The Morgan fingerprint density at radius 1 is 0.943 bits per heavy atom. The minimum absolute atomic E-state index is 0.159. The molecule has 6 nitrogen and oxygen atoms in total. The first-order valence-corrected chi connectivity index (χ1v) is 12.0. The third-order valence-corrected chi connectivity index (χ3v) is 7.01. The lowest BCUT2D eigenvalue weighted by atomic mass is 9.99. The number of carbonyl (C=O) groups is 1. The fourth-order valence-electron chi connectivity index (χ4n) is 3.25. The van der Waals surface area contributed by atoms with E-state index in [-0.39, 0.29) is 16.9 Å². The lowest BCUT2D eigenvalue weighted by molar-refractivity contribution is 0.100. The van der Waals surface area contributed by atoms with Crippen LogP contribution in [0.25, 0.3) is 0 Å². The van der Waals surface area contributed by atoms with Crippen LogP contribution in [-0.2, 0) is 16.4 Å². The Morgan fingerprint density at radius 3 is 2.23 bits per heavy atom. The number of nitrogens with two attached hydrogens (primary N) is 1. The van der Waals surface area contributed by atoms with Gasteiger partial charge in [0.2, 0.25) is 10.0 Å². The normalized spacial score (nSPS) is 11.5. The van der Waals surface area contributed by atoms with Gasteiger partial charge in [-0.15, -0.1) is 0 Å². The lowest BCUT2D eigenvalue weighted by Gasteiger charge is -2.16. The second kappa shape index (κ2) is 9.95. The number of sulfonamides is 1. The summed E-state index contributed by atoms with van der Waals surface area (Å²) in [7, 11) is -3.86. The van der Waals surface area contributed by atoms with Crippen LogP contribution >= 0.6 is 0 Å². The molecule has 3 aromatic carbocycles. The number of hydrogen-bond acceptors (Lipinski definition) is 4. The van der Waals surface area contributed by atoms with E-state index in [4.69, 9.17) is 5.73 Å². The van der Waals surface area contributed by atoms with Gasteiger partial charge in [-0.2, -0.15) is 0 Å². The molecule has 0 aliphatic heterocycles. The second-order valence-corrected chi connectivity index (χ2v) is 10.4. The Bertz CT molecular complexity index is 1410. The molecule has 0 unspecified atom stereocenters. The summed E-state index contributed by atoms with van der Waals surface area (Å²) in [5.41, 5.74) is 3.66. The number of amides is 1. The van der Waals surface area contributed by atoms with Crippen LogP contribution < -0.4 is 15.8 Å². The van der Waals surface area contributed by atoms with Crippen molar-refractivity contribution < 1.29 is 30.8 Å². The summed E-state index contributed by atoms with van der Waals surface area (Å²) in [6.45, 7) is 4.45. The zero-order chi connectivity index (χ0) is 26.1. The topological polar surface area (TPSA) is 101 Å². The summed E-state index contributed by atoms with van der Waals surface area (Å²) in [6, 6.07) is 8.72. The van der Waals surface area contributed by atoms with Crippen molar-refractivity contribution in [3.05, 3.63) is 88.0 Å². The number of hydrogen-bond donors (Lipinski definition) is 3. The maximum Gasteiger partial charge on any atom is 0.250 e. The van der Waals surface area contributed by atoms with Gasteiger partial charge in [0, 0.05) is 6.42 Å². The highest BCUT2D eigenvalue weighted by Gasteiger charge is 2.24. The molecule has 3 aromatic rings. The highest BCUT2D eigenvalue weighted by Crippen LogP contribution is 2.32. The highest BCUT2D eigenvalue weighted by atomic mass is 32.2. The number of halogens is 4. The average molecular weight is 510 g/mol. The van der Waals surface area contributed by atoms with Crippen LogP contribution in [0.2, 0.25) is 0 Å². The fraction of sp³-hybridized carbons (Fsp3) is 0.208. The molecule has 35 heavy (non-hydrogen) atoms. The van der Waals surface area contributed by atoms with Crippen molar-refractivity contribution in [2.75, 3.05) is 10.0 Å². The molecule has 0 fully saturated rings. The van der Waals surface area contributed by atoms with Crippen LogP contribution in [-0.4, -0.2) is 19.6 Å². The van der Waals surface area contributed by atoms with Gasteiger partial charge in [-0.1, -0.05) is 18.2 Å². The number of rotatable bonds is 8. The third kappa shape index (κ3) is 5.56. The number of aryl methyl sites for hydroxylation is 1. The van der Waals surface area contributed by atoms with Crippen LogP contribution in [0.4, 0.5) is 34.6 Å². The molecule has 0 radical (unpaired) electrons. The predicted molar refractivity (Wildman–Crippen MR) is 126 cm³/mol. The van der Waals surface area contributed by atoms with E-state index in [9.17, 15) is 26.4 Å². The van der Waals surface area contributed by atoms with E-state index in [1.165, 1.54) is 44.2 Å². The Morgan fingerprint density at radius 2 is 1.63 bits per heavy atom. The Hall–Kier alpha value is -3.60. The summed E-state index contributed by atoms with van der Waals surface area (Å²) >= 11 is 0. The summed E-state index contributed by atoms with van der Waals surface area (Å²) in [5, 5.41) is 1.53. The van der Waals surface area contributed by atoms with Gasteiger partial charge < -0.3 is 11.1 Å². The van der Waals surface area contributed by atoms with Gasteiger partial charge in [0.25, 0.3) is 5.91 Å². The average Bonchev–Trinajstić information content (AvgIpc) is 2.77. The van der Waals surface area contributed by atoms with Gasteiger partial charge in [0.1, 0.15) is 5.82 Å². The molecule has 0 saturated carbocycles. The van der Waals surface area contributed by atoms with Crippen molar-refractivity contribution in [2.24, 2.45) is 5.73 Å². The largest absolute Gasteiger partial charge is 0.366 e. The number of primary amides is 1. The van der Waals surface area contributed by atoms with Crippen molar-refractivity contribution in [2.45, 2.75) is 32.4 Å². The summed E-state index contributed by atoms with van der Waals surface area (Å²) < 4.78 is 85.5. The predicted octanol–water partition coefficient (Wildman–Crippen LogP) is 5.13. The van der Waals surface area contributed by atoms with Crippen molar-refractivity contribution in [3.8, 4) is 0 Å². The maximum absolute atomic E-state index is 15.0. The van der Waals surface area contributed by atoms with E-state index in [2.05, 4.69) is 10.0 Å². The SMILES string of the molecule is Cc1ccc(Nc2c(C(N)=O)cc(Cc3cccc(NS(=O)(=O)C(C)C)c3F)c(F)c2F)c(F)c1. The second-order valence-electron chi connectivity index (χ2n) is 8.21. The summed E-state index contributed by atoms with van der Waals surface area (Å²) in [5.74, 6) is -5.78. The zero-order valence-electron chi connectivity index (χ0n) is 19.0. The molecular formula is C24H23F4N3O3S. The zero-order valence-corrected chi connectivity index (χ0v) is 19.9. The lowest BCUT2D eigenvalue weighted by Crippen LogP contribution is -2.23. The van der Waals surface area contributed by atoms with Crippen molar-refractivity contribution in [1.29, 1.82) is 0 Å². The van der Waals surface area contributed by atoms with E-state index in [0.29, 0.717) is 5.56 Å². The Balaban J connectivity index is 2.03. The Kier molecular flexibility index (Phi) is 7.39. The van der Waals surface area contributed by atoms with Crippen molar-refractivity contribution in [3.63, 3.8) is 0 Å². The van der Waals surface area contributed by atoms with Gasteiger partial charge >= 0.3 is 0 Å². The van der Waals surface area contributed by atoms with Gasteiger partial charge in [0.05, 0.1) is 27.9 Å². The van der Waals surface area contributed by atoms with E-state index in [1.807, 2.05) is 0 Å². The molecule has 0 saturated heterocycles. The summed E-state index contributed by atoms with van der Waals surface area (Å²) in [4.78, 5) is 12.0. The van der Waals surface area contributed by atoms with E-state index < -0.39 is 67.7 Å². The molecule has 4 N–H and O–H groups in total. The minimum Gasteiger partial charge on any atom is -0.366 e. The first-order chi connectivity index (χ1) is 16.3. The maximum atomic E-state index is 15.0. The number of carbonyl (C=O) groups excluding carboxylic acids is 1. The van der Waals surface area contributed by atoms with Crippen LogP contribution in [0.5, 0.6) is 0 Å². The highest BCUT2D eigenvalue weighted by molar-refractivity contribution is 7.93. The Labute approximate surface area is 200 Å². The molecule has 11 heteroatoms. The fourth-order valence-corrected chi connectivity index (χ4v) is 3.95. The van der Waals surface area contributed by atoms with Crippen molar-refractivity contribution in [1.82, 2.24) is 0 Å². The molecule has 0 heterocycles. The molecule has 186 valence electrons. The van der Waals surface area contributed by atoms with Gasteiger partial charge in [-0.25, -0.2) is 26.0 Å². The molecular weight excluding hydrogens is 486 g/mol. The minimum atomic E-state index is -3.86. The van der Waals surface area contributed by atoms with E-state index in [0.717, 1.165) is 12.1 Å². The van der Waals surface area contributed by atoms with Gasteiger partial charge in [-0.3, -0.25) is 9.52 Å². The monoisotopic (exact) mass is 509 g/mol. The first-order valence-electron chi connectivity index (χ1n) is 10.4. The van der Waals surface area contributed by atoms with E-state index in [1.54, 1.807) is 6.92 Å². The quantitative estimate of drug-likeness (QED) is 0.366. The number of nitrogens with one attached hydrogen (secondary N) is 2. The standard InChI is InChI=1S/C24H23F4N3O3S/c1-12(2)35(33,34)31-19-6-4-5-14(20(19)26)10-15-11-16(24(29)32)23(22(28)21(15)27)30-18-8-7-13(3)9-17(18)25/h4-9,11-12,30-31H,10H2,1-3H3,(H2,29,32). The van der Waals surface area contributed by atoms with Crippen molar-refractivity contribution >= 4 is 33.0 Å². The molecule has 0 aliphatic carbocycles. The smallest absolute Gasteiger partial charge is 0.250 e. The number of anilines is 3. The molecule has 0 bridgehead atoms. The molecule has 0 aliphatic rings. The van der Waals surface area contributed by atoms with Gasteiger partial charge in [0.15, 0.2) is 17.5 Å². The molecule has 0 aromatic heterocycles. The number of benzene rings is 3. The van der Waals surface area contributed by atoms with Crippen LogP contribution in [0.3, 0.4) is 0 Å². The van der Waals surface area contributed by atoms with Crippen LogP contribution in [0.15, 0.2) is 42.5 Å².